The monoisotopic (exact) mass is 315 g/mol. The van der Waals surface area contributed by atoms with E-state index in [1.165, 1.54) is 0 Å². The maximum atomic E-state index is 12.4. The van der Waals surface area contributed by atoms with E-state index in [2.05, 4.69) is 0 Å². The number of rotatable bonds is 1. The SMILES string of the molecule is O=C([C@@H]1COCCO1)N1CCc2cc(Cl)cc(Cl)c2C1. The standard InChI is InChI=1S/C14H15Cl2NO3/c15-10-5-9-1-2-17(7-11(9)12(16)6-10)14(18)13-8-19-3-4-20-13/h5-6,13H,1-4,7-8H2/t13-/m0/s1. The first kappa shape index (κ1) is 14.1. The number of nitrogens with zero attached hydrogens (tertiary/aromatic N) is 1. The van der Waals surface area contributed by atoms with Gasteiger partial charge in [-0.3, -0.25) is 4.79 Å². The van der Waals surface area contributed by atoms with Crippen molar-refractivity contribution in [3.05, 3.63) is 33.3 Å². The summed E-state index contributed by atoms with van der Waals surface area (Å²) in [5.74, 6) is -0.0265. The molecule has 4 nitrogen and oxygen atoms in total. The van der Waals surface area contributed by atoms with Crippen molar-refractivity contribution in [3.63, 3.8) is 0 Å². The van der Waals surface area contributed by atoms with Gasteiger partial charge in [0.15, 0.2) is 6.10 Å². The molecule has 20 heavy (non-hydrogen) atoms. The summed E-state index contributed by atoms with van der Waals surface area (Å²) in [6.45, 7) is 2.51. The van der Waals surface area contributed by atoms with Gasteiger partial charge in [-0.05, 0) is 29.7 Å². The molecule has 108 valence electrons. The minimum atomic E-state index is -0.489. The molecule has 0 aromatic heterocycles. The second kappa shape index (κ2) is 5.90. The summed E-state index contributed by atoms with van der Waals surface area (Å²) < 4.78 is 10.7. The maximum Gasteiger partial charge on any atom is 0.254 e. The molecule has 1 aromatic rings. The van der Waals surface area contributed by atoms with Gasteiger partial charge in [-0.25, -0.2) is 0 Å². The predicted octanol–water partition coefficient (Wildman–Crippen LogP) is 2.29. The van der Waals surface area contributed by atoms with Gasteiger partial charge >= 0.3 is 0 Å². The van der Waals surface area contributed by atoms with Crippen LogP contribution in [0.2, 0.25) is 10.0 Å². The number of benzene rings is 1. The van der Waals surface area contributed by atoms with Crippen molar-refractivity contribution in [2.45, 2.75) is 19.1 Å². The lowest BCUT2D eigenvalue weighted by atomic mass is 9.99. The molecule has 6 heteroatoms. The first-order chi connectivity index (χ1) is 9.65. The quantitative estimate of drug-likeness (QED) is 0.798. The molecule has 0 spiro atoms. The van der Waals surface area contributed by atoms with Crippen LogP contribution in [0.1, 0.15) is 11.1 Å². The number of carbonyl (C=O) groups excluding carboxylic acids is 1. The van der Waals surface area contributed by atoms with Crippen LogP contribution >= 0.6 is 23.2 Å². The Bertz CT molecular complexity index is 529. The number of hydrogen-bond acceptors (Lipinski definition) is 3. The van der Waals surface area contributed by atoms with Crippen LogP contribution in [0.25, 0.3) is 0 Å². The van der Waals surface area contributed by atoms with E-state index in [-0.39, 0.29) is 5.91 Å². The van der Waals surface area contributed by atoms with Crippen LogP contribution in [0, 0.1) is 0 Å². The van der Waals surface area contributed by atoms with Gasteiger partial charge in [0, 0.05) is 23.1 Å². The molecule has 1 amide bonds. The van der Waals surface area contributed by atoms with E-state index in [1.54, 1.807) is 11.0 Å². The van der Waals surface area contributed by atoms with E-state index in [0.717, 1.165) is 17.5 Å². The van der Waals surface area contributed by atoms with Gasteiger partial charge in [-0.15, -0.1) is 0 Å². The Labute approximate surface area is 127 Å². The highest BCUT2D eigenvalue weighted by atomic mass is 35.5. The molecule has 0 bridgehead atoms. The number of hydrogen-bond donors (Lipinski definition) is 0. The molecule has 2 heterocycles. The Kier molecular flexibility index (Phi) is 4.17. The number of carbonyl (C=O) groups is 1. The molecule has 0 saturated carbocycles. The zero-order valence-electron chi connectivity index (χ0n) is 10.9. The van der Waals surface area contributed by atoms with Crippen LogP contribution in [0.3, 0.4) is 0 Å². The average molecular weight is 316 g/mol. The van der Waals surface area contributed by atoms with Gasteiger partial charge in [0.05, 0.1) is 19.8 Å². The van der Waals surface area contributed by atoms with E-state index in [0.29, 0.717) is 43.0 Å². The van der Waals surface area contributed by atoms with Gasteiger partial charge in [-0.2, -0.15) is 0 Å². The summed E-state index contributed by atoms with van der Waals surface area (Å²) in [4.78, 5) is 14.2. The molecule has 0 radical (unpaired) electrons. The van der Waals surface area contributed by atoms with Crippen LogP contribution in [0.4, 0.5) is 0 Å². The summed E-state index contributed by atoms with van der Waals surface area (Å²) in [6, 6.07) is 3.64. The zero-order valence-corrected chi connectivity index (χ0v) is 12.4. The number of amides is 1. The summed E-state index contributed by atoms with van der Waals surface area (Å²) in [7, 11) is 0. The summed E-state index contributed by atoms with van der Waals surface area (Å²) in [6.07, 6.45) is 0.269. The highest BCUT2D eigenvalue weighted by Crippen LogP contribution is 2.30. The van der Waals surface area contributed by atoms with Crippen LogP contribution < -0.4 is 0 Å². The third-order valence-electron chi connectivity index (χ3n) is 3.66. The molecule has 1 aromatic carbocycles. The fraction of sp³-hybridized carbons (Fsp3) is 0.500. The summed E-state index contributed by atoms with van der Waals surface area (Å²) in [5.41, 5.74) is 2.10. The van der Waals surface area contributed by atoms with Crippen LogP contribution in [0.15, 0.2) is 12.1 Å². The summed E-state index contributed by atoms with van der Waals surface area (Å²) in [5, 5.41) is 1.25. The largest absolute Gasteiger partial charge is 0.376 e. The zero-order chi connectivity index (χ0) is 14.1. The van der Waals surface area contributed by atoms with Gasteiger partial charge < -0.3 is 14.4 Å². The Morgan fingerprint density at radius 1 is 1.30 bits per heavy atom. The van der Waals surface area contributed by atoms with Crippen LogP contribution in [0.5, 0.6) is 0 Å². The number of fused-ring (bicyclic) bond motifs is 1. The smallest absolute Gasteiger partial charge is 0.254 e. The fourth-order valence-corrected chi connectivity index (χ4v) is 3.20. The molecule has 2 aliphatic heterocycles. The molecular weight excluding hydrogens is 301 g/mol. The molecule has 1 fully saturated rings. The van der Waals surface area contributed by atoms with Crippen molar-refractivity contribution < 1.29 is 14.3 Å². The molecule has 1 saturated heterocycles. The minimum absolute atomic E-state index is 0.0265. The molecule has 0 aliphatic carbocycles. The number of ether oxygens (including phenoxy) is 2. The normalized spacial score (nSPS) is 22.5. The van der Waals surface area contributed by atoms with Crippen molar-refractivity contribution in [3.8, 4) is 0 Å². The minimum Gasteiger partial charge on any atom is -0.376 e. The van der Waals surface area contributed by atoms with Gasteiger partial charge in [0.25, 0.3) is 5.91 Å². The van der Waals surface area contributed by atoms with E-state index in [4.69, 9.17) is 32.7 Å². The molecule has 1 atom stereocenters. The second-order valence-corrected chi connectivity index (χ2v) is 5.81. The van der Waals surface area contributed by atoms with Gasteiger partial charge in [-0.1, -0.05) is 23.2 Å². The predicted molar refractivity (Wildman–Crippen MR) is 76.1 cm³/mol. The van der Waals surface area contributed by atoms with Crippen molar-refractivity contribution in [2.75, 3.05) is 26.4 Å². The van der Waals surface area contributed by atoms with E-state index in [1.807, 2.05) is 6.07 Å². The Hall–Kier alpha value is -0.810. The maximum absolute atomic E-state index is 12.4. The fourth-order valence-electron chi connectivity index (χ4n) is 2.60. The van der Waals surface area contributed by atoms with Gasteiger partial charge in [0.2, 0.25) is 0 Å². The van der Waals surface area contributed by atoms with E-state index in [9.17, 15) is 4.79 Å². The first-order valence-electron chi connectivity index (χ1n) is 6.60. The molecular formula is C14H15Cl2NO3. The van der Waals surface area contributed by atoms with Crippen LogP contribution in [-0.2, 0) is 27.2 Å². The van der Waals surface area contributed by atoms with Crippen molar-refractivity contribution >= 4 is 29.1 Å². The Morgan fingerprint density at radius 3 is 2.90 bits per heavy atom. The van der Waals surface area contributed by atoms with Crippen molar-refractivity contribution in [2.24, 2.45) is 0 Å². The van der Waals surface area contributed by atoms with Gasteiger partial charge in [0.1, 0.15) is 0 Å². The lowest BCUT2D eigenvalue weighted by molar-refractivity contribution is -0.158. The molecule has 0 unspecified atom stereocenters. The highest BCUT2D eigenvalue weighted by Gasteiger charge is 2.30. The second-order valence-electron chi connectivity index (χ2n) is 4.97. The lowest BCUT2D eigenvalue weighted by Crippen LogP contribution is -2.47. The van der Waals surface area contributed by atoms with Crippen molar-refractivity contribution in [1.29, 1.82) is 0 Å². The Morgan fingerprint density at radius 2 is 2.15 bits per heavy atom. The molecule has 3 rings (SSSR count). The van der Waals surface area contributed by atoms with E-state index < -0.39 is 6.10 Å². The first-order valence-corrected chi connectivity index (χ1v) is 7.35. The highest BCUT2D eigenvalue weighted by molar-refractivity contribution is 6.35. The van der Waals surface area contributed by atoms with E-state index >= 15 is 0 Å². The average Bonchev–Trinajstić information content (AvgIpc) is 2.47. The molecule has 0 N–H and O–H groups in total. The third-order valence-corrected chi connectivity index (χ3v) is 4.21. The topological polar surface area (TPSA) is 38.8 Å². The third kappa shape index (κ3) is 2.79. The van der Waals surface area contributed by atoms with Crippen molar-refractivity contribution in [1.82, 2.24) is 4.90 Å². The lowest BCUT2D eigenvalue weighted by Gasteiger charge is -2.33. The summed E-state index contributed by atoms with van der Waals surface area (Å²) >= 11 is 12.2. The van der Waals surface area contributed by atoms with Crippen LogP contribution in [-0.4, -0.2) is 43.3 Å². The molecule has 2 aliphatic rings. The number of halogens is 2. The Balaban J connectivity index is 1.76.